The molecule has 0 saturated heterocycles. The van der Waals surface area contributed by atoms with Crippen LogP contribution in [0.5, 0.6) is 0 Å². The molecule has 0 atom stereocenters. The molecule has 0 aliphatic heterocycles. The van der Waals surface area contributed by atoms with Gasteiger partial charge >= 0.3 is 0 Å². The predicted octanol–water partition coefficient (Wildman–Crippen LogP) is 4.28. The van der Waals surface area contributed by atoms with Crippen LogP contribution >= 0.6 is 0 Å². The Labute approximate surface area is 194 Å². The Morgan fingerprint density at radius 3 is 2.61 bits per heavy atom. The van der Waals surface area contributed by atoms with E-state index in [0.717, 1.165) is 52.2 Å². The van der Waals surface area contributed by atoms with Gasteiger partial charge in [-0.15, -0.1) is 0 Å². The van der Waals surface area contributed by atoms with E-state index >= 15 is 0 Å². The lowest BCUT2D eigenvalue weighted by molar-refractivity contribution is 0.0953. The Morgan fingerprint density at radius 1 is 1.09 bits per heavy atom. The highest BCUT2D eigenvalue weighted by molar-refractivity contribution is 5.95. The van der Waals surface area contributed by atoms with Crippen molar-refractivity contribution in [1.29, 1.82) is 0 Å². The Morgan fingerprint density at radius 2 is 1.91 bits per heavy atom. The number of nitrogens with zero attached hydrogens (tertiary/aromatic N) is 3. The summed E-state index contributed by atoms with van der Waals surface area (Å²) in [7, 11) is 0. The van der Waals surface area contributed by atoms with Gasteiger partial charge in [0.1, 0.15) is 0 Å². The lowest BCUT2D eigenvalue weighted by Crippen LogP contribution is -2.25. The second kappa shape index (κ2) is 10.0. The molecule has 166 valence electrons. The summed E-state index contributed by atoms with van der Waals surface area (Å²) in [6.45, 7) is 6.70. The van der Waals surface area contributed by atoms with Crippen molar-refractivity contribution in [2.75, 3.05) is 6.54 Å². The van der Waals surface area contributed by atoms with Crippen LogP contribution in [0.3, 0.4) is 0 Å². The van der Waals surface area contributed by atoms with E-state index in [2.05, 4.69) is 34.3 Å². The van der Waals surface area contributed by atoms with Gasteiger partial charge in [-0.25, -0.2) is 4.68 Å². The molecule has 6 heteroatoms. The number of aryl methyl sites for hydroxylation is 2. The van der Waals surface area contributed by atoms with Crippen LogP contribution in [0.25, 0.3) is 5.69 Å². The summed E-state index contributed by atoms with van der Waals surface area (Å²) < 4.78 is 1.91. The van der Waals surface area contributed by atoms with E-state index in [1.165, 1.54) is 0 Å². The van der Waals surface area contributed by atoms with Gasteiger partial charge in [-0.1, -0.05) is 30.0 Å². The summed E-state index contributed by atoms with van der Waals surface area (Å²) in [5, 5.41) is 14.5. The molecule has 0 fully saturated rings. The summed E-state index contributed by atoms with van der Waals surface area (Å²) in [6, 6.07) is 15.4. The third-order valence-electron chi connectivity index (χ3n) is 5.74. The molecule has 0 radical (unpaired) electrons. The van der Waals surface area contributed by atoms with Crippen molar-refractivity contribution in [3.8, 4) is 17.5 Å². The van der Waals surface area contributed by atoms with Crippen LogP contribution in [0.4, 0.5) is 0 Å². The molecule has 0 bridgehead atoms. The van der Waals surface area contributed by atoms with E-state index in [0.29, 0.717) is 12.1 Å². The first-order chi connectivity index (χ1) is 16.0. The van der Waals surface area contributed by atoms with Crippen LogP contribution in [0, 0.1) is 32.6 Å². The topological polar surface area (TPSA) is 75.6 Å². The molecule has 2 N–H and O–H groups in total. The van der Waals surface area contributed by atoms with Crippen molar-refractivity contribution in [3.63, 3.8) is 0 Å². The maximum absolute atomic E-state index is 12.8. The van der Waals surface area contributed by atoms with E-state index in [1.807, 2.05) is 73.3 Å². The van der Waals surface area contributed by atoms with Crippen molar-refractivity contribution < 1.29 is 4.79 Å². The zero-order valence-electron chi connectivity index (χ0n) is 19.1. The van der Waals surface area contributed by atoms with Gasteiger partial charge in [-0.3, -0.25) is 9.89 Å². The van der Waals surface area contributed by atoms with Crippen LogP contribution in [-0.2, 0) is 6.42 Å². The number of carbonyl (C=O) groups excluding carboxylic acids is 1. The molecular formula is C27H27N5O. The molecule has 0 saturated carbocycles. The highest BCUT2D eigenvalue weighted by Crippen LogP contribution is 2.21. The van der Waals surface area contributed by atoms with E-state index in [-0.39, 0.29) is 5.91 Å². The molecule has 2 aromatic heterocycles. The van der Waals surface area contributed by atoms with E-state index in [1.54, 1.807) is 6.20 Å². The Hall–Kier alpha value is -4.11. The fourth-order valence-corrected chi connectivity index (χ4v) is 3.59. The summed E-state index contributed by atoms with van der Waals surface area (Å²) in [5.74, 6) is 6.37. The van der Waals surface area contributed by atoms with E-state index < -0.39 is 0 Å². The molecule has 6 nitrogen and oxygen atoms in total. The number of benzene rings is 2. The van der Waals surface area contributed by atoms with Gasteiger partial charge in [-0.2, -0.15) is 10.2 Å². The molecule has 0 aliphatic carbocycles. The first kappa shape index (κ1) is 22.1. The second-order valence-corrected chi connectivity index (χ2v) is 8.02. The molecule has 1 amide bonds. The van der Waals surface area contributed by atoms with Crippen LogP contribution in [0.15, 0.2) is 60.9 Å². The first-order valence-corrected chi connectivity index (χ1v) is 11.0. The normalized spacial score (nSPS) is 10.5. The third-order valence-corrected chi connectivity index (χ3v) is 5.74. The van der Waals surface area contributed by atoms with Crippen molar-refractivity contribution in [3.05, 3.63) is 100 Å². The predicted molar refractivity (Wildman–Crippen MR) is 129 cm³/mol. The Kier molecular flexibility index (Phi) is 6.70. The molecule has 0 unspecified atom stereocenters. The molecule has 0 aliphatic rings. The van der Waals surface area contributed by atoms with Crippen LogP contribution in [-0.4, -0.2) is 32.4 Å². The molecule has 4 aromatic rings. The summed E-state index contributed by atoms with van der Waals surface area (Å²) in [5.41, 5.74) is 7.45. The van der Waals surface area contributed by atoms with Gasteiger partial charge in [0.15, 0.2) is 0 Å². The number of aromatic amines is 1. The number of hydrogen-bond acceptors (Lipinski definition) is 3. The van der Waals surface area contributed by atoms with Gasteiger partial charge in [0.2, 0.25) is 0 Å². The first-order valence-electron chi connectivity index (χ1n) is 11.0. The minimum atomic E-state index is -0.110. The Balaban J connectivity index is 1.59. The van der Waals surface area contributed by atoms with Crippen LogP contribution in [0.2, 0.25) is 0 Å². The summed E-state index contributed by atoms with van der Waals surface area (Å²) in [6.07, 6.45) is 5.38. The van der Waals surface area contributed by atoms with Crippen molar-refractivity contribution in [2.45, 2.75) is 33.6 Å². The average molecular weight is 438 g/mol. The fourth-order valence-electron chi connectivity index (χ4n) is 3.59. The number of amides is 1. The lowest BCUT2D eigenvalue weighted by atomic mass is 10.1. The quantitative estimate of drug-likeness (QED) is 0.349. The largest absolute Gasteiger partial charge is 0.352 e. The molecule has 4 rings (SSSR count). The van der Waals surface area contributed by atoms with Gasteiger partial charge in [0.05, 0.1) is 23.1 Å². The third kappa shape index (κ3) is 5.21. The molecule has 2 heterocycles. The number of carbonyl (C=O) groups is 1. The highest BCUT2D eigenvalue weighted by Gasteiger charge is 2.14. The molecular weight excluding hydrogens is 410 g/mol. The van der Waals surface area contributed by atoms with Gasteiger partial charge in [0, 0.05) is 29.6 Å². The van der Waals surface area contributed by atoms with Crippen molar-refractivity contribution in [2.24, 2.45) is 0 Å². The van der Waals surface area contributed by atoms with Crippen molar-refractivity contribution in [1.82, 2.24) is 25.3 Å². The van der Waals surface area contributed by atoms with E-state index in [9.17, 15) is 4.79 Å². The monoisotopic (exact) mass is 437 g/mol. The maximum Gasteiger partial charge on any atom is 0.251 e. The van der Waals surface area contributed by atoms with Gasteiger partial charge in [0.25, 0.3) is 5.91 Å². The summed E-state index contributed by atoms with van der Waals surface area (Å²) >= 11 is 0. The summed E-state index contributed by atoms with van der Waals surface area (Å²) in [4.78, 5) is 12.8. The standard InChI is InChI=1S/C27H27N5O/c1-19-20(2)31-32(21(19)3)26-14-13-25(16-24(26)12-11-22-8-5-4-6-9-22)27(33)28-15-7-10-23-17-29-30-18-23/h4-6,8-9,13-14,16-18H,7,10,15H2,1-3H3,(H,28,33)(H,29,30). The van der Waals surface area contributed by atoms with Gasteiger partial charge in [-0.05, 0) is 75.1 Å². The van der Waals surface area contributed by atoms with Crippen LogP contribution in [0.1, 0.15) is 50.4 Å². The zero-order chi connectivity index (χ0) is 23.2. The lowest BCUT2D eigenvalue weighted by Gasteiger charge is -2.11. The number of nitrogens with one attached hydrogen (secondary N) is 2. The molecule has 0 spiro atoms. The SMILES string of the molecule is Cc1nn(-c2ccc(C(=O)NCCCc3cn[nH]c3)cc2C#Cc2ccccc2)c(C)c1C. The number of hydrogen-bond donors (Lipinski definition) is 2. The fraction of sp³-hybridized carbons (Fsp3) is 0.222. The maximum atomic E-state index is 12.8. The second-order valence-electron chi connectivity index (χ2n) is 8.02. The highest BCUT2D eigenvalue weighted by atomic mass is 16.1. The van der Waals surface area contributed by atoms with E-state index in [4.69, 9.17) is 5.10 Å². The van der Waals surface area contributed by atoms with Crippen molar-refractivity contribution >= 4 is 5.91 Å². The number of rotatable bonds is 6. The number of aromatic nitrogens is 4. The molecule has 2 aromatic carbocycles. The Bertz CT molecular complexity index is 1310. The average Bonchev–Trinajstić information content (AvgIpc) is 3.45. The van der Waals surface area contributed by atoms with Gasteiger partial charge < -0.3 is 5.32 Å². The smallest absolute Gasteiger partial charge is 0.251 e. The minimum absolute atomic E-state index is 0.110. The van der Waals surface area contributed by atoms with Crippen LogP contribution < -0.4 is 5.32 Å². The molecule has 33 heavy (non-hydrogen) atoms. The zero-order valence-corrected chi connectivity index (χ0v) is 19.1. The number of H-pyrrole nitrogens is 1. The minimum Gasteiger partial charge on any atom is -0.352 e.